The normalized spacial score (nSPS) is 9.62. The number of amides is 1. The van der Waals surface area contributed by atoms with E-state index in [2.05, 4.69) is 29.1 Å². The molecular formula is C13H14BrNO. The maximum absolute atomic E-state index is 11.6. The van der Waals surface area contributed by atoms with E-state index in [0.717, 1.165) is 10.0 Å². The van der Waals surface area contributed by atoms with Gasteiger partial charge in [0, 0.05) is 10.2 Å². The number of halogens is 1. The van der Waals surface area contributed by atoms with Crippen LogP contribution in [0.25, 0.3) is 0 Å². The first-order chi connectivity index (χ1) is 7.56. The topological polar surface area (TPSA) is 20.3 Å². The van der Waals surface area contributed by atoms with Crippen LogP contribution >= 0.6 is 15.9 Å². The van der Waals surface area contributed by atoms with Gasteiger partial charge in [-0.1, -0.05) is 47.3 Å². The Morgan fingerprint density at radius 1 is 1.50 bits per heavy atom. The Morgan fingerprint density at radius 3 is 2.62 bits per heavy atom. The monoisotopic (exact) mass is 279 g/mol. The fourth-order valence-corrected chi connectivity index (χ4v) is 1.72. The molecule has 84 valence electrons. The van der Waals surface area contributed by atoms with Crippen LogP contribution in [0.1, 0.15) is 12.5 Å². The third kappa shape index (κ3) is 3.07. The van der Waals surface area contributed by atoms with Gasteiger partial charge in [0.1, 0.15) is 0 Å². The zero-order chi connectivity index (χ0) is 12.1. The number of carbonyl (C=O) groups is 1. The highest BCUT2D eigenvalue weighted by atomic mass is 79.9. The minimum atomic E-state index is -0.136. The average Bonchev–Trinajstić information content (AvgIpc) is 2.26. The van der Waals surface area contributed by atoms with E-state index in [1.807, 2.05) is 24.3 Å². The van der Waals surface area contributed by atoms with Crippen molar-refractivity contribution in [1.82, 2.24) is 4.90 Å². The zero-order valence-electron chi connectivity index (χ0n) is 9.24. The van der Waals surface area contributed by atoms with Crippen LogP contribution in [-0.2, 0) is 11.3 Å². The molecule has 2 nitrogen and oxygen atoms in total. The van der Waals surface area contributed by atoms with Crippen LogP contribution in [0, 0.1) is 0 Å². The molecule has 0 unspecified atom stereocenters. The van der Waals surface area contributed by atoms with E-state index >= 15 is 0 Å². The Kier molecular flexibility index (Phi) is 4.50. The molecule has 0 N–H and O–H groups in total. The summed E-state index contributed by atoms with van der Waals surface area (Å²) in [4.78, 5) is 13.2. The van der Waals surface area contributed by atoms with Gasteiger partial charge in [0.25, 0.3) is 0 Å². The van der Waals surface area contributed by atoms with Crippen LogP contribution in [-0.4, -0.2) is 10.8 Å². The second-order valence-electron chi connectivity index (χ2n) is 3.46. The van der Waals surface area contributed by atoms with Crippen LogP contribution in [0.3, 0.4) is 0 Å². The van der Waals surface area contributed by atoms with Gasteiger partial charge in [0.05, 0.1) is 6.54 Å². The molecule has 0 saturated carbocycles. The van der Waals surface area contributed by atoms with Gasteiger partial charge in [-0.3, -0.25) is 4.79 Å². The van der Waals surface area contributed by atoms with Gasteiger partial charge < -0.3 is 4.90 Å². The summed E-state index contributed by atoms with van der Waals surface area (Å²) in [5, 5.41) is 0. The Labute approximate surface area is 104 Å². The summed E-state index contributed by atoms with van der Waals surface area (Å²) in [6, 6.07) is 7.80. The molecule has 1 rings (SSSR count). The Bertz CT molecular complexity index is 426. The van der Waals surface area contributed by atoms with Gasteiger partial charge in [-0.2, -0.15) is 0 Å². The van der Waals surface area contributed by atoms with E-state index in [9.17, 15) is 4.79 Å². The molecule has 0 aliphatic heterocycles. The standard InChI is InChI=1S/C13H14BrNO/c1-4-13(16)15(10(2)3)9-11-7-5-6-8-12(11)14/h4-8H,1-2,9H2,3H3. The highest BCUT2D eigenvalue weighted by molar-refractivity contribution is 9.10. The van der Waals surface area contributed by atoms with E-state index in [4.69, 9.17) is 0 Å². The number of allylic oxidation sites excluding steroid dienone is 1. The first-order valence-corrected chi connectivity index (χ1v) is 5.68. The van der Waals surface area contributed by atoms with Crippen molar-refractivity contribution >= 4 is 21.8 Å². The smallest absolute Gasteiger partial charge is 0.250 e. The van der Waals surface area contributed by atoms with Crippen molar-refractivity contribution in [2.75, 3.05) is 0 Å². The molecule has 1 aromatic rings. The summed E-state index contributed by atoms with van der Waals surface area (Å²) >= 11 is 3.45. The van der Waals surface area contributed by atoms with Crippen molar-refractivity contribution in [3.05, 3.63) is 59.2 Å². The fourth-order valence-electron chi connectivity index (χ4n) is 1.31. The number of carbonyl (C=O) groups excluding carboxylic acids is 1. The number of rotatable bonds is 4. The lowest BCUT2D eigenvalue weighted by Gasteiger charge is -2.21. The molecule has 16 heavy (non-hydrogen) atoms. The quantitative estimate of drug-likeness (QED) is 0.773. The predicted molar refractivity (Wildman–Crippen MR) is 69.7 cm³/mol. The Morgan fingerprint density at radius 2 is 2.12 bits per heavy atom. The van der Waals surface area contributed by atoms with Gasteiger partial charge in [-0.15, -0.1) is 0 Å². The van der Waals surface area contributed by atoms with Crippen molar-refractivity contribution in [2.45, 2.75) is 13.5 Å². The van der Waals surface area contributed by atoms with Crippen molar-refractivity contribution in [3.8, 4) is 0 Å². The second-order valence-corrected chi connectivity index (χ2v) is 4.31. The molecule has 0 radical (unpaired) electrons. The summed E-state index contributed by atoms with van der Waals surface area (Å²) in [6.45, 7) is 9.58. The molecule has 0 spiro atoms. The minimum absolute atomic E-state index is 0.136. The molecule has 1 amide bonds. The molecule has 0 heterocycles. The maximum Gasteiger partial charge on any atom is 0.250 e. The first kappa shape index (κ1) is 12.7. The maximum atomic E-state index is 11.6. The van der Waals surface area contributed by atoms with Gasteiger partial charge >= 0.3 is 0 Å². The Hall–Kier alpha value is -1.35. The molecule has 0 fully saturated rings. The van der Waals surface area contributed by atoms with E-state index in [0.29, 0.717) is 12.2 Å². The Balaban J connectivity index is 2.92. The molecule has 0 atom stereocenters. The number of hydrogen-bond acceptors (Lipinski definition) is 1. The summed E-state index contributed by atoms with van der Waals surface area (Å²) in [5.74, 6) is -0.136. The lowest BCUT2D eigenvalue weighted by atomic mass is 10.2. The van der Waals surface area contributed by atoms with E-state index in [1.165, 1.54) is 6.08 Å². The zero-order valence-corrected chi connectivity index (χ0v) is 10.8. The summed E-state index contributed by atoms with van der Waals surface area (Å²) < 4.78 is 0.984. The average molecular weight is 280 g/mol. The molecular weight excluding hydrogens is 266 g/mol. The van der Waals surface area contributed by atoms with E-state index in [1.54, 1.807) is 11.8 Å². The molecule has 1 aromatic carbocycles. The lowest BCUT2D eigenvalue weighted by molar-refractivity contribution is -0.124. The molecule has 0 aliphatic carbocycles. The summed E-state index contributed by atoms with van der Waals surface area (Å²) in [5.41, 5.74) is 1.75. The van der Waals surface area contributed by atoms with Crippen LogP contribution in [0.15, 0.2) is 53.7 Å². The van der Waals surface area contributed by atoms with Crippen molar-refractivity contribution in [2.24, 2.45) is 0 Å². The van der Waals surface area contributed by atoms with Crippen molar-refractivity contribution in [3.63, 3.8) is 0 Å². The van der Waals surface area contributed by atoms with E-state index in [-0.39, 0.29) is 5.91 Å². The molecule has 0 aliphatic rings. The second kappa shape index (κ2) is 5.66. The fraction of sp³-hybridized carbons (Fsp3) is 0.154. The molecule has 0 bridgehead atoms. The van der Waals surface area contributed by atoms with Gasteiger partial charge in [-0.25, -0.2) is 0 Å². The van der Waals surface area contributed by atoms with Crippen molar-refractivity contribution < 1.29 is 4.79 Å². The molecule has 0 saturated heterocycles. The highest BCUT2D eigenvalue weighted by Crippen LogP contribution is 2.19. The summed E-state index contributed by atoms with van der Waals surface area (Å²) in [7, 11) is 0. The summed E-state index contributed by atoms with van der Waals surface area (Å²) in [6.07, 6.45) is 1.30. The van der Waals surface area contributed by atoms with Crippen LogP contribution in [0.2, 0.25) is 0 Å². The van der Waals surface area contributed by atoms with Gasteiger partial charge in [0.2, 0.25) is 5.91 Å². The molecule has 3 heteroatoms. The number of hydrogen-bond donors (Lipinski definition) is 0. The number of nitrogens with zero attached hydrogens (tertiary/aromatic N) is 1. The molecule has 0 aromatic heterocycles. The SMILES string of the molecule is C=CC(=O)N(Cc1ccccc1Br)C(=C)C. The van der Waals surface area contributed by atoms with Crippen LogP contribution < -0.4 is 0 Å². The third-order valence-corrected chi connectivity index (χ3v) is 2.96. The minimum Gasteiger partial charge on any atom is -0.309 e. The third-order valence-electron chi connectivity index (χ3n) is 2.19. The first-order valence-electron chi connectivity index (χ1n) is 4.89. The van der Waals surface area contributed by atoms with Crippen LogP contribution in [0.5, 0.6) is 0 Å². The largest absolute Gasteiger partial charge is 0.309 e. The number of benzene rings is 1. The van der Waals surface area contributed by atoms with Crippen LogP contribution in [0.4, 0.5) is 0 Å². The van der Waals surface area contributed by atoms with E-state index < -0.39 is 0 Å². The highest BCUT2D eigenvalue weighted by Gasteiger charge is 2.12. The lowest BCUT2D eigenvalue weighted by Crippen LogP contribution is -2.26. The van der Waals surface area contributed by atoms with Gasteiger partial charge in [-0.05, 0) is 24.6 Å². The van der Waals surface area contributed by atoms with Gasteiger partial charge in [0.15, 0.2) is 0 Å². The van der Waals surface area contributed by atoms with Crippen molar-refractivity contribution in [1.29, 1.82) is 0 Å². The predicted octanol–water partition coefficient (Wildman–Crippen LogP) is 3.50.